The Balaban J connectivity index is 1.69. The Morgan fingerprint density at radius 3 is 2.89 bits per heavy atom. The molecule has 0 amide bonds. The van der Waals surface area contributed by atoms with E-state index in [4.69, 9.17) is 14.2 Å². The van der Waals surface area contributed by atoms with E-state index in [-0.39, 0.29) is 0 Å². The van der Waals surface area contributed by atoms with Crippen LogP contribution in [0.4, 0.5) is 0 Å². The smallest absolute Gasteiger partial charge is 0.165 e. The van der Waals surface area contributed by atoms with Gasteiger partial charge in [-0.15, -0.1) is 0 Å². The molecule has 0 saturated carbocycles. The van der Waals surface area contributed by atoms with E-state index in [9.17, 15) is 0 Å². The van der Waals surface area contributed by atoms with Gasteiger partial charge in [0, 0.05) is 12.1 Å². The van der Waals surface area contributed by atoms with Crippen LogP contribution in [0, 0.1) is 0 Å². The zero-order chi connectivity index (χ0) is 12.4. The van der Waals surface area contributed by atoms with E-state index in [2.05, 4.69) is 12.2 Å². The van der Waals surface area contributed by atoms with E-state index in [0.717, 1.165) is 36.6 Å². The molecule has 0 radical (unpaired) electrons. The highest BCUT2D eigenvalue weighted by Crippen LogP contribution is 2.34. The molecule has 1 N–H and O–H groups in total. The van der Waals surface area contributed by atoms with Gasteiger partial charge in [-0.2, -0.15) is 0 Å². The van der Waals surface area contributed by atoms with E-state index in [1.807, 2.05) is 18.2 Å². The SMILES string of the molecule is C[C@@H]1C[C@H](Oc2ccc3c(c2)OCCO3)CCN1. The summed E-state index contributed by atoms with van der Waals surface area (Å²) in [6.07, 6.45) is 2.40. The van der Waals surface area contributed by atoms with Crippen LogP contribution in [-0.2, 0) is 0 Å². The summed E-state index contributed by atoms with van der Waals surface area (Å²) in [5, 5.41) is 3.42. The van der Waals surface area contributed by atoms with Gasteiger partial charge in [0.05, 0.1) is 0 Å². The molecule has 0 aliphatic carbocycles. The second-order valence-electron chi connectivity index (χ2n) is 4.92. The van der Waals surface area contributed by atoms with Gasteiger partial charge in [-0.3, -0.25) is 0 Å². The Hall–Kier alpha value is -1.42. The fraction of sp³-hybridized carbons (Fsp3) is 0.571. The van der Waals surface area contributed by atoms with E-state index >= 15 is 0 Å². The predicted molar refractivity (Wildman–Crippen MR) is 68.5 cm³/mol. The molecule has 4 nitrogen and oxygen atoms in total. The summed E-state index contributed by atoms with van der Waals surface area (Å²) < 4.78 is 17.1. The molecular weight excluding hydrogens is 230 g/mol. The first-order chi connectivity index (χ1) is 8.81. The summed E-state index contributed by atoms with van der Waals surface area (Å²) >= 11 is 0. The third-order valence-corrected chi connectivity index (χ3v) is 3.39. The van der Waals surface area contributed by atoms with Crippen LogP contribution in [0.15, 0.2) is 18.2 Å². The van der Waals surface area contributed by atoms with Gasteiger partial charge in [0.1, 0.15) is 25.1 Å². The molecule has 98 valence electrons. The molecule has 3 rings (SSSR count). The van der Waals surface area contributed by atoms with Gasteiger partial charge < -0.3 is 19.5 Å². The summed E-state index contributed by atoms with van der Waals surface area (Å²) in [5.41, 5.74) is 0. The number of ether oxygens (including phenoxy) is 3. The molecule has 4 heteroatoms. The van der Waals surface area contributed by atoms with Crippen molar-refractivity contribution in [1.82, 2.24) is 5.32 Å². The third-order valence-electron chi connectivity index (χ3n) is 3.39. The summed E-state index contributed by atoms with van der Waals surface area (Å²) in [6, 6.07) is 6.34. The van der Waals surface area contributed by atoms with E-state index in [1.54, 1.807) is 0 Å². The Labute approximate surface area is 107 Å². The fourth-order valence-corrected chi connectivity index (χ4v) is 2.48. The third kappa shape index (κ3) is 2.53. The molecular formula is C14H19NO3. The topological polar surface area (TPSA) is 39.7 Å². The highest BCUT2D eigenvalue weighted by Gasteiger charge is 2.20. The quantitative estimate of drug-likeness (QED) is 0.870. The number of rotatable bonds is 2. The van der Waals surface area contributed by atoms with E-state index < -0.39 is 0 Å². The molecule has 0 aromatic heterocycles. The number of fused-ring (bicyclic) bond motifs is 1. The molecule has 2 aliphatic heterocycles. The molecule has 2 atom stereocenters. The molecule has 2 aliphatic rings. The Morgan fingerprint density at radius 2 is 2.06 bits per heavy atom. The Morgan fingerprint density at radius 1 is 1.22 bits per heavy atom. The Kier molecular flexibility index (Phi) is 3.28. The van der Waals surface area contributed by atoms with Crippen molar-refractivity contribution in [2.24, 2.45) is 0 Å². The maximum absolute atomic E-state index is 6.02. The highest BCUT2D eigenvalue weighted by molar-refractivity contribution is 5.46. The minimum atomic E-state index is 0.295. The average molecular weight is 249 g/mol. The molecule has 0 unspecified atom stereocenters. The van der Waals surface area contributed by atoms with E-state index in [1.165, 1.54) is 0 Å². The number of nitrogens with one attached hydrogen (secondary N) is 1. The maximum Gasteiger partial charge on any atom is 0.165 e. The van der Waals surface area contributed by atoms with Crippen molar-refractivity contribution in [3.8, 4) is 17.2 Å². The lowest BCUT2D eigenvalue weighted by molar-refractivity contribution is 0.140. The largest absolute Gasteiger partial charge is 0.490 e. The average Bonchev–Trinajstić information content (AvgIpc) is 2.39. The normalized spacial score (nSPS) is 26.7. The molecule has 2 heterocycles. The zero-order valence-electron chi connectivity index (χ0n) is 10.6. The van der Waals surface area contributed by atoms with Crippen molar-refractivity contribution in [2.45, 2.75) is 31.9 Å². The van der Waals surface area contributed by atoms with E-state index in [0.29, 0.717) is 25.4 Å². The molecule has 1 saturated heterocycles. The molecule has 1 aromatic carbocycles. The van der Waals surface area contributed by atoms with Crippen molar-refractivity contribution in [3.05, 3.63) is 18.2 Å². The molecule has 0 spiro atoms. The van der Waals surface area contributed by atoms with Crippen LogP contribution < -0.4 is 19.5 Å². The van der Waals surface area contributed by atoms with Crippen LogP contribution in [0.25, 0.3) is 0 Å². The lowest BCUT2D eigenvalue weighted by atomic mass is 10.0. The van der Waals surface area contributed by atoms with Gasteiger partial charge in [0.2, 0.25) is 0 Å². The van der Waals surface area contributed by atoms with Crippen molar-refractivity contribution in [1.29, 1.82) is 0 Å². The van der Waals surface area contributed by atoms with Crippen molar-refractivity contribution >= 4 is 0 Å². The van der Waals surface area contributed by atoms with Crippen molar-refractivity contribution in [2.75, 3.05) is 19.8 Å². The minimum absolute atomic E-state index is 0.295. The van der Waals surface area contributed by atoms with Crippen LogP contribution in [-0.4, -0.2) is 31.9 Å². The van der Waals surface area contributed by atoms with Crippen molar-refractivity contribution < 1.29 is 14.2 Å². The second kappa shape index (κ2) is 5.06. The molecule has 18 heavy (non-hydrogen) atoms. The number of hydrogen-bond acceptors (Lipinski definition) is 4. The first-order valence-electron chi connectivity index (χ1n) is 6.61. The molecule has 1 aromatic rings. The number of benzene rings is 1. The summed E-state index contributed by atoms with van der Waals surface area (Å²) in [5.74, 6) is 2.48. The minimum Gasteiger partial charge on any atom is -0.490 e. The predicted octanol–water partition coefficient (Wildman–Crippen LogP) is 1.98. The lowest BCUT2D eigenvalue weighted by Crippen LogP contribution is -2.40. The van der Waals surface area contributed by atoms with Crippen LogP contribution in [0.2, 0.25) is 0 Å². The zero-order valence-corrected chi connectivity index (χ0v) is 10.6. The van der Waals surface area contributed by atoms with Gasteiger partial charge >= 0.3 is 0 Å². The molecule has 0 bridgehead atoms. The number of piperidine rings is 1. The lowest BCUT2D eigenvalue weighted by Gasteiger charge is -2.29. The first kappa shape index (κ1) is 11.7. The van der Waals surface area contributed by atoms with Gasteiger partial charge in [-0.05, 0) is 38.4 Å². The molecule has 1 fully saturated rings. The Bertz CT molecular complexity index is 422. The van der Waals surface area contributed by atoms with Crippen LogP contribution in [0.5, 0.6) is 17.2 Å². The van der Waals surface area contributed by atoms with Crippen LogP contribution in [0.1, 0.15) is 19.8 Å². The van der Waals surface area contributed by atoms with Gasteiger partial charge in [-0.25, -0.2) is 0 Å². The summed E-state index contributed by atoms with van der Waals surface area (Å²) in [6.45, 7) is 4.45. The summed E-state index contributed by atoms with van der Waals surface area (Å²) in [4.78, 5) is 0. The standard InChI is InChI=1S/C14H19NO3/c1-10-8-12(4-5-15-10)18-11-2-3-13-14(9-11)17-7-6-16-13/h2-3,9-10,12,15H,4-8H2,1H3/t10-,12-/m1/s1. The summed E-state index contributed by atoms with van der Waals surface area (Å²) in [7, 11) is 0. The highest BCUT2D eigenvalue weighted by atomic mass is 16.6. The first-order valence-corrected chi connectivity index (χ1v) is 6.61. The monoisotopic (exact) mass is 249 g/mol. The van der Waals surface area contributed by atoms with Crippen molar-refractivity contribution in [3.63, 3.8) is 0 Å². The number of hydrogen-bond donors (Lipinski definition) is 1. The van der Waals surface area contributed by atoms with Gasteiger partial charge in [0.25, 0.3) is 0 Å². The van der Waals surface area contributed by atoms with Gasteiger partial charge in [0.15, 0.2) is 11.5 Å². The van der Waals surface area contributed by atoms with Gasteiger partial charge in [-0.1, -0.05) is 0 Å². The van der Waals surface area contributed by atoms with Crippen LogP contribution in [0.3, 0.4) is 0 Å². The fourth-order valence-electron chi connectivity index (χ4n) is 2.48. The van der Waals surface area contributed by atoms with Crippen LogP contribution >= 0.6 is 0 Å². The second-order valence-corrected chi connectivity index (χ2v) is 4.92. The maximum atomic E-state index is 6.02.